The minimum absolute atomic E-state index is 0.0725. The van der Waals surface area contributed by atoms with Crippen LogP contribution < -0.4 is 10.6 Å². The lowest BCUT2D eigenvalue weighted by atomic mass is 9.95. The molecule has 0 bridgehead atoms. The number of nitrogens with one attached hydrogen (secondary N) is 2. The van der Waals surface area contributed by atoms with Gasteiger partial charge in [-0.05, 0) is 25.8 Å². The van der Waals surface area contributed by atoms with Crippen molar-refractivity contribution in [3.05, 3.63) is 35.9 Å². The fourth-order valence-corrected chi connectivity index (χ4v) is 3.44. The molecule has 3 heterocycles. The molecule has 27 heavy (non-hydrogen) atoms. The van der Waals surface area contributed by atoms with Crippen LogP contribution in [-0.2, 0) is 18.9 Å². The van der Waals surface area contributed by atoms with Gasteiger partial charge in [0.15, 0.2) is 0 Å². The van der Waals surface area contributed by atoms with Crippen molar-refractivity contribution in [1.82, 2.24) is 35.1 Å². The zero-order valence-electron chi connectivity index (χ0n) is 16.1. The van der Waals surface area contributed by atoms with E-state index < -0.39 is 0 Å². The summed E-state index contributed by atoms with van der Waals surface area (Å²) in [5.74, 6) is 0.345. The van der Waals surface area contributed by atoms with Crippen molar-refractivity contribution in [2.45, 2.75) is 18.9 Å². The molecule has 0 aromatic carbocycles. The number of likely N-dealkylation sites (N-methyl/N-ethyl adjacent to an activating group) is 1. The summed E-state index contributed by atoms with van der Waals surface area (Å²) >= 11 is 0. The lowest BCUT2D eigenvalue weighted by Crippen LogP contribution is -2.45. The Kier molecular flexibility index (Phi) is 5.90. The van der Waals surface area contributed by atoms with Gasteiger partial charge in [-0.2, -0.15) is 10.2 Å². The Balaban J connectivity index is 1.48. The van der Waals surface area contributed by atoms with E-state index in [0.717, 1.165) is 18.4 Å². The second-order valence-electron chi connectivity index (χ2n) is 7.05. The third-order valence-corrected chi connectivity index (χ3v) is 5.04. The monoisotopic (exact) mass is 373 g/mol. The number of hydrogen-bond acceptors (Lipinski definition) is 5. The number of hydrogen-bond donors (Lipinski definition) is 2. The van der Waals surface area contributed by atoms with Crippen LogP contribution >= 0.6 is 0 Å². The van der Waals surface area contributed by atoms with E-state index in [-0.39, 0.29) is 17.9 Å². The minimum atomic E-state index is -0.375. The average molecular weight is 373 g/mol. The van der Waals surface area contributed by atoms with Crippen LogP contribution in [0.5, 0.6) is 0 Å². The molecule has 1 fully saturated rings. The number of carbonyl (C=O) groups excluding carboxylic acids is 2. The maximum Gasteiger partial charge on any atom is 0.254 e. The molecule has 9 nitrogen and oxygen atoms in total. The molecular weight excluding hydrogens is 346 g/mol. The van der Waals surface area contributed by atoms with Gasteiger partial charge in [-0.25, -0.2) is 0 Å². The van der Waals surface area contributed by atoms with Crippen molar-refractivity contribution in [1.29, 1.82) is 0 Å². The first-order chi connectivity index (χ1) is 13.0. The standard InChI is InChI=1S/C18H27N7O2/c1-19-16(14-9-21-23(2)11-14)18(27)25-6-4-13(5-7-25)8-20-17(26)15-10-22-24(3)12-15/h9-13,16,19H,4-8H2,1-3H3,(H,20,26). The number of aryl methyl sites for hydroxylation is 2. The lowest BCUT2D eigenvalue weighted by molar-refractivity contribution is -0.134. The summed E-state index contributed by atoms with van der Waals surface area (Å²) in [4.78, 5) is 26.9. The highest BCUT2D eigenvalue weighted by Gasteiger charge is 2.29. The molecule has 2 aromatic heterocycles. The Labute approximate surface area is 158 Å². The first-order valence-electron chi connectivity index (χ1n) is 9.19. The van der Waals surface area contributed by atoms with Crippen molar-refractivity contribution < 1.29 is 9.59 Å². The van der Waals surface area contributed by atoms with Crippen molar-refractivity contribution in [2.75, 3.05) is 26.7 Å². The summed E-state index contributed by atoms with van der Waals surface area (Å²) in [5.41, 5.74) is 1.44. The highest BCUT2D eigenvalue weighted by atomic mass is 16.2. The van der Waals surface area contributed by atoms with Crippen LogP contribution in [0.2, 0.25) is 0 Å². The van der Waals surface area contributed by atoms with E-state index in [1.807, 2.05) is 18.1 Å². The molecule has 0 aliphatic carbocycles. The molecule has 146 valence electrons. The average Bonchev–Trinajstić information content (AvgIpc) is 3.29. The Morgan fingerprint density at radius 1 is 1.15 bits per heavy atom. The Morgan fingerprint density at radius 2 is 1.81 bits per heavy atom. The van der Waals surface area contributed by atoms with Gasteiger partial charge >= 0.3 is 0 Å². The lowest BCUT2D eigenvalue weighted by Gasteiger charge is -2.34. The van der Waals surface area contributed by atoms with Gasteiger partial charge in [0, 0.05) is 51.7 Å². The third-order valence-electron chi connectivity index (χ3n) is 5.04. The predicted octanol–water partition coefficient (Wildman–Crippen LogP) is 0.0827. The van der Waals surface area contributed by atoms with Crippen molar-refractivity contribution in [3.63, 3.8) is 0 Å². The summed E-state index contributed by atoms with van der Waals surface area (Å²) in [6, 6.07) is -0.375. The van der Waals surface area contributed by atoms with Crippen LogP contribution in [-0.4, -0.2) is 63.0 Å². The first kappa shape index (κ1) is 19.1. The number of amides is 2. The van der Waals surface area contributed by atoms with Crippen molar-refractivity contribution >= 4 is 11.8 Å². The van der Waals surface area contributed by atoms with E-state index in [2.05, 4.69) is 20.8 Å². The second kappa shape index (κ2) is 8.34. The summed E-state index contributed by atoms with van der Waals surface area (Å²) in [6.07, 6.45) is 8.60. The number of likely N-dealkylation sites (tertiary alicyclic amines) is 1. The van der Waals surface area contributed by atoms with E-state index in [4.69, 9.17) is 0 Å². The van der Waals surface area contributed by atoms with Gasteiger partial charge < -0.3 is 15.5 Å². The number of carbonyl (C=O) groups is 2. The normalized spacial score (nSPS) is 16.3. The number of nitrogens with zero attached hydrogens (tertiary/aromatic N) is 5. The molecule has 3 rings (SSSR count). The Bertz CT molecular complexity index is 789. The van der Waals surface area contributed by atoms with Gasteiger partial charge in [-0.15, -0.1) is 0 Å². The van der Waals surface area contributed by atoms with Crippen LogP contribution in [0.15, 0.2) is 24.8 Å². The fourth-order valence-electron chi connectivity index (χ4n) is 3.44. The van der Waals surface area contributed by atoms with Crippen LogP contribution in [0.3, 0.4) is 0 Å². The van der Waals surface area contributed by atoms with E-state index >= 15 is 0 Å². The number of rotatable bonds is 6. The van der Waals surface area contributed by atoms with Crippen LogP contribution in [0.25, 0.3) is 0 Å². The van der Waals surface area contributed by atoms with E-state index in [1.165, 1.54) is 0 Å². The van der Waals surface area contributed by atoms with Gasteiger partial charge in [0.2, 0.25) is 5.91 Å². The maximum atomic E-state index is 12.8. The molecule has 0 saturated carbocycles. The second-order valence-corrected chi connectivity index (χ2v) is 7.05. The van der Waals surface area contributed by atoms with E-state index in [9.17, 15) is 9.59 Å². The highest BCUT2D eigenvalue weighted by Crippen LogP contribution is 2.21. The topological polar surface area (TPSA) is 97.1 Å². The SMILES string of the molecule is CNC(C(=O)N1CCC(CNC(=O)c2cnn(C)c2)CC1)c1cnn(C)c1. The maximum absolute atomic E-state index is 12.8. The molecule has 9 heteroatoms. The molecule has 1 aliphatic rings. The van der Waals surface area contributed by atoms with Crippen LogP contribution in [0.1, 0.15) is 34.8 Å². The van der Waals surface area contributed by atoms with Crippen LogP contribution in [0.4, 0.5) is 0 Å². The Morgan fingerprint density at radius 3 is 2.37 bits per heavy atom. The van der Waals surface area contributed by atoms with Gasteiger partial charge in [-0.3, -0.25) is 19.0 Å². The largest absolute Gasteiger partial charge is 0.352 e. The van der Waals surface area contributed by atoms with Gasteiger partial charge in [0.1, 0.15) is 6.04 Å². The summed E-state index contributed by atoms with van der Waals surface area (Å²) in [6.45, 7) is 2.02. The molecule has 2 N–H and O–H groups in total. The molecule has 0 radical (unpaired) electrons. The quantitative estimate of drug-likeness (QED) is 0.748. The first-order valence-corrected chi connectivity index (χ1v) is 9.19. The molecule has 2 aromatic rings. The van der Waals surface area contributed by atoms with Crippen LogP contribution in [0, 0.1) is 5.92 Å². The van der Waals surface area contributed by atoms with E-state index in [1.54, 1.807) is 42.0 Å². The summed E-state index contributed by atoms with van der Waals surface area (Å²) < 4.78 is 3.31. The molecule has 2 amide bonds. The summed E-state index contributed by atoms with van der Waals surface area (Å²) in [7, 11) is 5.41. The zero-order chi connectivity index (χ0) is 19.4. The van der Waals surface area contributed by atoms with E-state index in [0.29, 0.717) is 31.1 Å². The highest BCUT2D eigenvalue weighted by molar-refractivity contribution is 5.93. The zero-order valence-corrected chi connectivity index (χ0v) is 16.1. The predicted molar refractivity (Wildman–Crippen MR) is 99.9 cm³/mol. The van der Waals surface area contributed by atoms with Gasteiger partial charge in [0.05, 0.1) is 18.0 Å². The van der Waals surface area contributed by atoms with Crippen molar-refractivity contribution in [2.24, 2.45) is 20.0 Å². The molecule has 1 atom stereocenters. The molecule has 1 unspecified atom stereocenters. The van der Waals surface area contributed by atoms with Gasteiger partial charge in [0.25, 0.3) is 5.91 Å². The molecule has 0 spiro atoms. The smallest absolute Gasteiger partial charge is 0.254 e. The minimum Gasteiger partial charge on any atom is -0.352 e. The number of piperidine rings is 1. The molecular formula is C18H27N7O2. The summed E-state index contributed by atoms with van der Waals surface area (Å²) in [5, 5.41) is 14.2. The van der Waals surface area contributed by atoms with Gasteiger partial charge in [-0.1, -0.05) is 0 Å². The molecule has 1 saturated heterocycles. The number of aromatic nitrogens is 4. The van der Waals surface area contributed by atoms with Crippen molar-refractivity contribution in [3.8, 4) is 0 Å². The fraction of sp³-hybridized carbons (Fsp3) is 0.556. The third kappa shape index (κ3) is 4.54. The Hall–Kier alpha value is -2.68. The molecule has 1 aliphatic heterocycles.